The Morgan fingerprint density at radius 1 is 1.06 bits per heavy atom. The van der Waals surface area contributed by atoms with E-state index in [2.05, 4.69) is 27.6 Å². The number of benzene rings is 2. The van der Waals surface area contributed by atoms with E-state index in [1.165, 1.54) is 38.3 Å². The van der Waals surface area contributed by atoms with Crippen molar-refractivity contribution in [1.82, 2.24) is 15.6 Å². The van der Waals surface area contributed by atoms with Gasteiger partial charge in [-0.3, -0.25) is 9.89 Å². The first kappa shape index (κ1) is 25.2. The van der Waals surface area contributed by atoms with Crippen molar-refractivity contribution in [3.8, 4) is 17.0 Å². The van der Waals surface area contributed by atoms with E-state index >= 15 is 0 Å². The van der Waals surface area contributed by atoms with Crippen LogP contribution >= 0.6 is 11.6 Å². The van der Waals surface area contributed by atoms with Crippen molar-refractivity contribution < 1.29 is 9.53 Å². The highest BCUT2D eigenvalue weighted by Crippen LogP contribution is 2.21. The van der Waals surface area contributed by atoms with Crippen LogP contribution in [0.2, 0.25) is 0 Å². The van der Waals surface area contributed by atoms with Crippen LogP contribution in [0, 0.1) is 0 Å². The van der Waals surface area contributed by atoms with E-state index in [1.807, 2.05) is 54.6 Å². The van der Waals surface area contributed by atoms with E-state index in [9.17, 15) is 4.79 Å². The van der Waals surface area contributed by atoms with Crippen molar-refractivity contribution in [3.63, 3.8) is 0 Å². The summed E-state index contributed by atoms with van der Waals surface area (Å²) in [5, 5.41) is 11.3. The lowest BCUT2D eigenvalue weighted by Crippen LogP contribution is -2.17. The van der Waals surface area contributed by atoms with E-state index in [1.54, 1.807) is 12.1 Å². The number of amides is 1. The summed E-state index contributed by atoms with van der Waals surface area (Å²) in [6, 6.07) is 19.0. The molecule has 0 bridgehead atoms. The Kier molecular flexibility index (Phi) is 10.4. The third-order valence-corrected chi connectivity index (χ3v) is 5.40. The molecule has 0 atom stereocenters. The minimum absolute atomic E-state index is 0.304. The normalized spacial score (nSPS) is 11.6. The molecule has 0 unspecified atom stereocenters. The number of carbonyl (C=O) groups is 1. The maximum Gasteiger partial charge on any atom is 0.289 e. The molecule has 0 saturated carbocycles. The fourth-order valence-corrected chi connectivity index (χ4v) is 3.51. The zero-order chi connectivity index (χ0) is 24.0. The number of halogens is 1. The molecule has 0 aliphatic rings. The molecule has 1 heterocycles. The molecule has 0 aliphatic heterocycles. The van der Waals surface area contributed by atoms with Crippen LogP contribution in [0.4, 0.5) is 0 Å². The molecule has 6 nitrogen and oxygen atoms in total. The second kappa shape index (κ2) is 14.0. The molecule has 0 radical (unpaired) electrons. The van der Waals surface area contributed by atoms with Gasteiger partial charge in [-0.15, -0.1) is 0 Å². The summed E-state index contributed by atoms with van der Waals surface area (Å²) in [7, 11) is 0. The van der Waals surface area contributed by atoms with Gasteiger partial charge in [0, 0.05) is 5.56 Å². The second-order valence-electron chi connectivity index (χ2n) is 7.95. The Balaban J connectivity index is 1.45. The van der Waals surface area contributed by atoms with Gasteiger partial charge in [0.05, 0.1) is 23.5 Å². The number of carbonyl (C=O) groups excluding carboxylic acids is 1. The number of nitrogens with zero attached hydrogens (tertiary/aromatic N) is 2. The first-order valence-corrected chi connectivity index (χ1v) is 12.1. The monoisotopic (exact) mass is 478 g/mol. The highest BCUT2D eigenvalue weighted by Gasteiger charge is 2.10. The van der Waals surface area contributed by atoms with Gasteiger partial charge in [-0.25, -0.2) is 5.43 Å². The largest absolute Gasteiger partial charge is 0.494 e. The van der Waals surface area contributed by atoms with Crippen molar-refractivity contribution in [1.29, 1.82) is 0 Å². The van der Waals surface area contributed by atoms with Gasteiger partial charge in [0.15, 0.2) is 0 Å². The van der Waals surface area contributed by atoms with Gasteiger partial charge in [-0.05, 0) is 48.4 Å². The van der Waals surface area contributed by atoms with Crippen molar-refractivity contribution in [2.75, 3.05) is 6.61 Å². The smallest absolute Gasteiger partial charge is 0.289 e. The quantitative estimate of drug-likeness (QED) is 0.161. The number of hydrogen-bond acceptors (Lipinski definition) is 4. The number of aromatic nitrogens is 2. The number of rotatable bonds is 13. The number of ether oxygens (including phenoxy) is 1. The fourth-order valence-electron chi connectivity index (χ4n) is 3.34. The number of allylic oxidation sites excluding steroid dienone is 1. The second-order valence-corrected chi connectivity index (χ2v) is 8.38. The van der Waals surface area contributed by atoms with E-state index < -0.39 is 5.91 Å². The van der Waals surface area contributed by atoms with Crippen LogP contribution in [0.1, 0.15) is 61.5 Å². The molecule has 3 rings (SSSR count). The van der Waals surface area contributed by atoms with Gasteiger partial charge >= 0.3 is 0 Å². The third kappa shape index (κ3) is 8.52. The Morgan fingerprint density at radius 3 is 2.56 bits per heavy atom. The first-order valence-electron chi connectivity index (χ1n) is 11.7. The van der Waals surface area contributed by atoms with Crippen molar-refractivity contribution in [3.05, 3.63) is 77.0 Å². The molecule has 1 aromatic heterocycles. The SMILES string of the molecule is CCCCCCCCOc1ccc(-c2cc(C(=O)N/N=C\C(Cl)=C\c3ccccc3)[nH]n2)cc1. The van der Waals surface area contributed by atoms with Gasteiger partial charge in [0.25, 0.3) is 5.91 Å². The summed E-state index contributed by atoms with van der Waals surface area (Å²) in [5.41, 5.74) is 5.25. The van der Waals surface area contributed by atoms with Crippen LogP contribution in [-0.4, -0.2) is 28.9 Å². The molecule has 7 heteroatoms. The third-order valence-electron chi connectivity index (χ3n) is 5.20. The van der Waals surface area contributed by atoms with Crippen molar-refractivity contribution >= 4 is 29.8 Å². The lowest BCUT2D eigenvalue weighted by Gasteiger charge is -2.06. The molecule has 0 spiro atoms. The van der Waals surface area contributed by atoms with Crippen LogP contribution in [0.5, 0.6) is 5.75 Å². The average Bonchev–Trinajstić information content (AvgIpc) is 3.35. The predicted molar refractivity (Wildman–Crippen MR) is 139 cm³/mol. The zero-order valence-electron chi connectivity index (χ0n) is 19.5. The number of unbranched alkanes of at least 4 members (excludes halogenated alkanes) is 5. The van der Waals surface area contributed by atoms with Crippen LogP contribution < -0.4 is 10.2 Å². The first-order chi connectivity index (χ1) is 16.7. The minimum atomic E-state index is -0.405. The fraction of sp³-hybridized carbons (Fsp3) is 0.296. The Morgan fingerprint density at radius 2 is 1.79 bits per heavy atom. The molecule has 1 amide bonds. The maximum atomic E-state index is 12.3. The van der Waals surface area contributed by atoms with Crippen LogP contribution in [-0.2, 0) is 0 Å². The molecule has 3 aromatic rings. The summed E-state index contributed by atoms with van der Waals surface area (Å²) in [5.74, 6) is 0.429. The zero-order valence-corrected chi connectivity index (χ0v) is 20.2. The summed E-state index contributed by atoms with van der Waals surface area (Å²) in [6.07, 6.45) is 10.6. The molecule has 2 N–H and O–H groups in total. The summed E-state index contributed by atoms with van der Waals surface area (Å²) >= 11 is 6.14. The topological polar surface area (TPSA) is 79.4 Å². The molecule has 2 aromatic carbocycles. The van der Waals surface area contributed by atoms with Crippen LogP contribution in [0.25, 0.3) is 17.3 Å². The summed E-state index contributed by atoms with van der Waals surface area (Å²) in [4.78, 5) is 12.3. The van der Waals surface area contributed by atoms with E-state index in [-0.39, 0.29) is 0 Å². The molecule has 0 saturated heterocycles. The lowest BCUT2D eigenvalue weighted by atomic mass is 10.1. The van der Waals surface area contributed by atoms with Gasteiger partial charge in [0.1, 0.15) is 11.4 Å². The molecule has 34 heavy (non-hydrogen) atoms. The Hall–Kier alpha value is -3.38. The van der Waals surface area contributed by atoms with Gasteiger partial charge in [-0.2, -0.15) is 10.2 Å². The standard InChI is InChI=1S/C27H31ClN4O2/c1-2-3-4-5-6-10-17-34-24-15-13-22(14-16-24)25-19-26(31-30-25)27(33)32-29-20-23(28)18-21-11-8-7-9-12-21/h7-9,11-16,18-20H,2-6,10,17H2,1H3,(H,30,31)(H,32,33)/b23-18-,29-20-. The highest BCUT2D eigenvalue weighted by atomic mass is 35.5. The minimum Gasteiger partial charge on any atom is -0.494 e. The molecule has 0 aliphatic carbocycles. The molecule has 0 fully saturated rings. The molecule has 178 valence electrons. The summed E-state index contributed by atoms with van der Waals surface area (Å²) in [6.45, 7) is 2.95. The number of H-pyrrole nitrogens is 1. The van der Waals surface area contributed by atoms with E-state index in [0.29, 0.717) is 16.4 Å². The number of hydrazone groups is 1. The van der Waals surface area contributed by atoms with Gasteiger partial charge in [0.2, 0.25) is 0 Å². The van der Waals surface area contributed by atoms with E-state index in [0.717, 1.165) is 29.9 Å². The van der Waals surface area contributed by atoms with Crippen LogP contribution in [0.3, 0.4) is 0 Å². The average molecular weight is 479 g/mol. The predicted octanol–water partition coefficient (Wildman–Crippen LogP) is 6.81. The van der Waals surface area contributed by atoms with Gasteiger partial charge < -0.3 is 4.74 Å². The summed E-state index contributed by atoms with van der Waals surface area (Å²) < 4.78 is 5.82. The van der Waals surface area contributed by atoms with Crippen LogP contribution in [0.15, 0.2) is 70.8 Å². The molecular formula is C27H31ClN4O2. The molecular weight excluding hydrogens is 448 g/mol. The van der Waals surface area contributed by atoms with Crippen molar-refractivity contribution in [2.45, 2.75) is 45.4 Å². The number of hydrogen-bond donors (Lipinski definition) is 2. The highest BCUT2D eigenvalue weighted by molar-refractivity contribution is 6.41. The lowest BCUT2D eigenvalue weighted by molar-refractivity contribution is 0.0950. The Bertz CT molecular complexity index is 1080. The van der Waals surface area contributed by atoms with Crippen molar-refractivity contribution in [2.24, 2.45) is 5.10 Å². The van der Waals surface area contributed by atoms with E-state index in [4.69, 9.17) is 16.3 Å². The Labute approximate surface area is 206 Å². The van der Waals surface area contributed by atoms with Gasteiger partial charge in [-0.1, -0.05) is 81.0 Å². The maximum absolute atomic E-state index is 12.3. The number of aromatic amines is 1. The number of nitrogens with one attached hydrogen (secondary N) is 2.